The lowest BCUT2D eigenvalue weighted by molar-refractivity contribution is 0.0734. The van der Waals surface area contributed by atoms with Crippen LogP contribution in [0.1, 0.15) is 27.0 Å². The fourth-order valence-corrected chi connectivity index (χ4v) is 6.18. The molecule has 7 heteroatoms. The summed E-state index contributed by atoms with van der Waals surface area (Å²) >= 11 is 0. The number of rotatable bonds is 5. The summed E-state index contributed by atoms with van der Waals surface area (Å²) in [7, 11) is -3.44. The van der Waals surface area contributed by atoms with Gasteiger partial charge in [-0.25, -0.2) is 8.42 Å². The van der Waals surface area contributed by atoms with Crippen LogP contribution in [0, 0.1) is 0 Å². The Labute approximate surface area is 201 Å². The molecule has 3 aromatic rings. The van der Waals surface area contributed by atoms with Crippen LogP contribution in [-0.2, 0) is 29.5 Å². The number of amides is 1. The summed E-state index contributed by atoms with van der Waals surface area (Å²) in [6.45, 7) is 4.46. The Morgan fingerprint density at radius 1 is 0.735 bits per heavy atom. The number of fused-ring (bicyclic) bond motifs is 1. The molecule has 34 heavy (non-hydrogen) atoms. The van der Waals surface area contributed by atoms with E-state index in [1.54, 1.807) is 28.6 Å². The van der Waals surface area contributed by atoms with E-state index >= 15 is 0 Å². The second kappa shape index (κ2) is 9.70. The molecular formula is C27H29N3O3S. The molecule has 0 atom stereocenters. The van der Waals surface area contributed by atoms with Crippen molar-refractivity contribution in [3.8, 4) is 0 Å². The molecule has 0 radical (unpaired) electrons. The Morgan fingerprint density at radius 3 is 2.09 bits per heavy atom. The Kier molecular flexibility index (Phi) is 6.50. The molecule has 0 unspecified atom stereocenters. The van der Waals surface area contributed by atoms with Crippen LogP contribution in [0.25, 0.3) is 0 Å². The van der Waals surface area contributed by atoms with E-state index in [0.29, 0.717) is 43.2 Å². The lowest BCUT2D eigenvalue weighted by Crippen LogP contribution is -2.48. The predicted molar refractivity (Wildman–Crippen MR) is 132 cm³/mol. The van der Waals surface area contributed by atoms with Crippen molar-refractivity contribution < 1.29 is 13.2 Å². The molecule has 2 aliphatic heterocycles. The lowest BCUT2D eigenvalue weighted by Gasteiger charge is -2.34. The second-order valence-electron chi connectivity index (χ2n) is 8.94. The van der Waals surface area contributed by atoms with Gasteiger partial charge in [0.15, 0.2) is 0 Å². The van der Waals surface area contributed by atoms with Gasteiger partial charge in [0.25, 0.3) is 5.91 Å². The molecule has 1 fully saturated rings. The molecule has 1 saturated heterocycles. The van der Waals surface area contributed by atoms with E-state index in [-0.39, 0.29) is 5.91 Å². The van der Waals surface area contributed by atoms with Crippen molar-refractivity contribution in [3.63, 3.8) is 0 Å². The molecule has 0 bridgehead atoms. The number of nitrogens with zero attached hydrogens (tertiary/aromatic N) is 3. The molecule has 0 aromatic heterocycles. The predicted octanol–water partition coefficient (Wildman–Crippen LogP) is 3.39. The first-order chi connectivity index (χ1) is 16.5. The second-order valence-corrected chi connectivity index (χ2v) is 10.9. The maximum Gasteiger partial charge on any atom is 0.254 e. The monoisotopic (exact) mass is 475 g/mol. The lowest BCUT2D eigenvalue weighted by atomic mass is 9.99. The van der Waals surface area contributed by atoms with Crippen molar-refractivity contribution >= 4 is 15.9 Å². The molecule has 2 aliphatic rings. The van der Waals surface area contributed by atoms with E-state index in [2.05, 4.69) is 23.1 Å². The van der Waals surface area contributed by atoms with Crippen molar-refractivity contribution in [2.75, 3.05) is 32.7 Å². The highest BCUT2D eigenvalue weighted by atomic mass is 32.2. The summed E-state index contributed by atoms with van der Waals surface area (Å²) in [5.74, 6) is 0.0702. The average Bonchev–Trinajstić information content (AvgIpc) is 2.89. The number of hydrogen-bond acceptors (Lipinski definition) is 4. The van der Waals surface area contributed by atoms with E-state index in [0.717, 1.165) is 25.1 Å². The molecule has 0 N–H and O–H groups in total. The largest absolute Gasteiger partial charge is 0.334 e. The van der Waals surface area contributed by atoms with Crippen LogP contribution < -0.4 is 0 Å². The molecule has 0 spiro atoms. The molecular weight excluding hydrogens is 446 g/mol. The summed E-state index contributed by atoms with van der Waals surface area (Å²) in [6.07, 6.45) is 0.895. The molecule has 0 aliphatic carbocycles. The third-order valence-electron chi connectivity index (χ3n) is 6.74. The molecule has 1 amide bonds. The Balaban J connectivity index is 1.16. The Morgan fingerprint density at radius 2 is 1.38 bits per heavy atom. The quantitative estimate of drug-likeness (QED) is 0.568. The number of carbonyl (C=O) groups excluding carboxylic acids is 1. The van der Waals surface area contributed by atoms with Crippen LogP contribution in [0.2, 0.25) is 0 Å². The zero-order valence-electron chi connectivity index (χ0n) is 19.1. The molecule has 2 heterocycles. The number of hydrogen-bond donors (Lipinski definition) is 0. The summed E-state index contributed by atoms with van der Waals surface area (Å²) in [6, 6.07) is 24.8. The molecule has 6 nitrogen and oxygen atoms in total. The zero-order valence-corrected chi connectivity index (χ0v) is 20.0. The van der Waals surface area contributed by atoms with E-state index in [1.165, 1.54) is 11.1 Å². The van der Waals surface area contributed by atoms with Gasteiger partial charge in [-0.1, -0.05) is 54.6 Å². The van der Waals surface area contributed by atoms with Crippen molar-refractivity contribution in [2.45, 2.75) is 24.4 Å². The van der Waals surface area contributed by atoms with Crippen LogP contribution in [-0.4, -0.2) is 61.2 Å². The SMILES string of the molecule is O=C(c1ccc(CN2CCN(S(=O)(=O)c3ccccc3)CC2)cc1)N1CCc2ccccc2C1. The van der Waals surface area contributed by atoms with E-state index in [9.17, 15) is 13.2 Å². The number of sulfonamides is 1. The minimum Gasteiger partial charge on any atom is -0.334 e. The number of benzene rings is 3. The third-order valence-corrected chi connectivity index (χ3v) is 8.65. The highest BCUT2D eigenvalue weighted by Gasteiger charge is 2.28. The maximum atomic E-state index is 13.0. The van der Waals surface area contributed by atoms with Gasteiger partial charge in [-0.2, -0.15) is 4.31 Å². The van der Waals surface area contributed by atoms with Gasteiger partial charge < -0.3 is 4.90 Å². The van der Waals surface area contributed by atoms with Gasteiger partial charge in [0.2, 0.25) is 10.0 Å². The highest BCUT2D eigenvalue weighted by Crippen LogP contribution is 2.21. The van der Waals surface area contributed by atoms with Crippen LogP contribution in [0.5, 0.6) is 0 Å². The standard InChI is InChI=1S/C27H29N3O3S/c31-27(29-15-14-23-6-4-5-7-25(23)21-29)24-12-10-22(11-13-24)20-28-16-18-30(19-17-28)34(32,33)26-8-2-1-3-9-26/h1-13H,14-21H2. The highest BCUT2D eigenvalue weighted by molar-refractivity contribution is 7.89. The van der Waals surface area contributed by atoms with Crippen LogP contribution >= 0.6 is 0 Å². The van der Waals surface area contributed by atoms with Gasteiger partial charge >= 0.3 is 0 Å². The maximum absolute atomic E-state index is 13.0. The molecule has 0 saturated carbocycles. The van der Waals surface area contributed by atoms with Crippen LogP contribution in [0.3, 0.4) is 0 Å². The summed E-state index contributed by atoms with van der Waals surface area (Å²) < 4.78 is 27.2. The fraction of sp³-hybridized carbons (Fsp3) is 0.296. The topological polar surface area (TPSA) is 60.9 Å². The van der Waals surface area contributed by atoms with E-state index in [1.807, 2.05) is 41.3 Å². The van der Waals surface area contributed by atoms with Gasteiger partial charge in [0.1, 0.15) is 0 Å². The first-order valence-corrected chi connectivity index (χ1v) is 13.2. The van der Waals surface area contributed by atoms with Crippen LogP contribution in [0.4, 0.5) is 0 Å². The minimum atomic E-state index is -3.44. The Bertz CT molecular complexity index is 1250. The van der Waals surface area contributed by atoms with Gasteiger partial charge in [-0.3, -0.25) is 9.69 Å². The summed E-state index contributed by atoms with van der Waals surface area (Å²) in [5.41, 5.74) is 4.40. The molecule has 3 aromatic carbocycles. The van der Waals surface area contributed by atoms with Crippen molar-refractivity contribution in [3.05, 3.63) is 101 Å². The smallest absolute Gasteiger partial charge is 0.254 e. The van der Waals surface area contributed by atoms with Crippen molar-refractivity contribution in [2.24, 2.45) is 0 Å². The van der Waals surface area contributed by atoms with Crippen molar-refractivity contribution in [1.82, 2.24) is 14.1 Å². The molecule has 176 valence electrons. The van der Waals surface area contributed by atoms with Gasteiger partial charge in [-0.05, 0) is 47.4 Å². The summed E-state index contributed by atoms with van der Waals surface area (Å²) in [4.78, 5) is 17.5. The Hall–Kier alpha value is -3.00. The number of piperazine rings is 1. The third kappa shape index (κ3) is 4.78. The minimum absolute atomic E-state index is 0.0702. The first kappa shape index (κ1) is 22.8. The van der Waals surface area contributed by atoms with E-state index in [4.69, 9.17) is 0 Å². The van der Waals surface area contributed by atoms with E-state index < -0.39 is 10.0 Å². The molecule has 5 rings (SSSR count). The van der Waals surface area contributed by atoms with Gasteiger partial charge in [0, 0.05) is 51.4 Å². The van der Waals surface area contributed by atoms with Crippen LogP contribution in [0.15, 0.2) is 83.8 Å². The zero-order chi connectivity index (χ0) is 23.5. The number of carbonyl (C=O) groups is 1. The summed E-state index contributed by atoms with van der Waals surface area (Å²) in [5, 5.41) is 0. The normalized spacial score (nSPS) is 17.4. The average molecular weight is 476 g/mol. The van der Waals surface area contributed by atoms with Gasteiger partial charge in [0.05, 0.1) is 4.90 Å². The van der Waals surface area contributed by atoms with Crippen molar-refractivity contribution in [1.29, 1.82) is 0 Å². The van der Waals surface area contributed by atoms with Gasteiger partial charge in [-0.15, -0.1) is 0 Å². The first-order valence-electron chi connectivity index (χ1n) is 11.7. The fourth-order valence-electron chi connectivity index (χ4n) is 4.73.